The molecule has 0 bridgehead atoms. The Morgan fingerprint density at radius 1 is 1.08 bits per heavy atom. The third-order valence-corrected chi connectivity index (χ3v) is 3.99. The van der Waals surface area contributed by atoms with Gasteiger partial charge >= 0.3 is 11.9 Å². The zero-order chi connectivity index (χ0) is 18.2. The molecule has 0 amide bonds. The summed E-state index contributed by atoms with van der Waals surface area (Å²) in [6, 6.07) is 11.5. The summed E-state index contributed by atoms with van der Waals surface area (Å²) >= 11 is 0. The quantitative estimate of drug-likeness (QED) is 0.395. The topological polar surface area (TPSA) is 82.1 Å². The molecule has 0 spiro atoms. The van der Waals surface area contributed by atoms with Crippen LogP contribution < -0.4 is 0 Å². The number of hydrogen-bond acceptors (Lipinski definition) is 6. The molecule has 0 saturated heterocycles. The fraction of sp³-hybridized carbons (Fsp3) is 0.263. The highest BCUT2D eigenvalue weighted by Crippen LogP contribution is 2.43. The van der Waals surface area contributed by atoms with Crippen molar-refractivity contribution in [2.24, 2.45) is 0 Å². The van der Waals surface area contributed by atoms with Crippen LogP contribution in [0.5, 0.6) is 0 Å². The van der Waals surface area contributed by atoms with E-state index in [0.29, 0.717) is 5.56 Å². The number of aryl methyl sites for hydroxylation is 1. The van der Waals surface area contributed by atoms with Crippen molar-refractivity contribution < 1.29 is 29.2 Å². The van der Waals surface area contributed by atoms with Gasteiger partial charge in [-0.1, -0.05) is 42.0 Å². The molecule has 0 heterocycles. The van der Waals surface area contributed by atoms with Crippen LogP contribution in [0.4, 0.5) is 4.79 Å². The summed E-state index contributed by atoms with van der Waals surface area (Å²) in [6.45, 7) is 5.18. The Morgan fingerprint density at radius 2 is 1.76 bits per heavy atom. The summed E-state index contributed by atoms with van der Waals surface area (Å²) < 4.78 is 10.4. The summed E-state index contributed by atoms with van der Waals surface area (Å²) in [5.41, 5.74) is 1.91. The molecule has 0 aromatic heterocycles. The van der Waals surface area contributed by atoms with Gasteiger partial charge in [0.25, 0.3) is 0 Å². The minimum absolute atomic E-state index is 0.234. The van der Waals surface area contributed by atoms with Gasteiger partial charge in [0.15, 0.2) is 5.78 Å². The van der Waals surface area contributed by atoms with Crippen molar-refractivity contribution in [3.8, 4) is 0 Å². The molecule has 130 valence electrons. The number of ketones is 1. The van der Waals surface area contributed by atoms with E-state index in [-0.39, 0.29) is 22.5 Å². The van der Waals surface area contributed by atoms with Gasteiger partial charge in [-0.15, -0.1) is 0 Å². The van der Waals surface area contributed by atoms with E-state index in [9.17, 15) is 14.8 Å². The lowest BCUT2D eigenvalue weighted by molar-refractivity contribution is -0.383. The van der Waals surface area contributed by atoms with Gasteiger partial charge < -0.3 is 9.47 Å². The smallest absolute Gasteiger partial charge is 0.431 e. The normalized spacial score (nSPS) is 18.5. The van der Waals surface area contributed by atoms with E-state index in [2.05, 4.69) is 0 Å². The maximum atomic E-state index is 12.8. The fourth-order valence-electron chi connectivity index (χ4n) is 2.95. The van der Waals surface area contributed by atoms with E-state index in [1.807, 2.05) is 6.92 Å². The Kier molecular flexibility index (Phi) is 4.32. The first-order chi connectivity index (χ1) is 11.9. The van der Waals surface area contributed by atoms with Gasteiger partial charge in [-0.25, -0.2) is 10.1 Å². The van der Waals surface area contributed by atoms with Crippen LogP contribution in [0.2, 0.25) is 0 Å². The molecule has 25 heavy (non-hydrogen) atoms. The van der Waals surface area contributed by atoms with Crippen molar-refractivity contribution in [1.82, 2.24) is 0 Å². The molecule has 2 aromatic rings. The second-order valence-electron chi connectivity index (χ2n) is 6.15. The number of fused-ring (bicyclic) bond motifs is 2. The van der Waals surface area contributed by atoms with Crippen molar-refractivity contribution in [2.75, 3.05) is 0 Å². The molecule has 1 aliphatic carbocycles. The first-order valence-electron chi connectivity index (χ1n) is 7.86. The Bertz CT molecular complexity index is 842. The van der Waals surface area contributed by atoms with E-state index in [1.165, 1.54) is 0 Å². The molecule has 0 aliphatic heterocycles. The third-order valence-electron chi connectivity index (χ3n) is 3.99. The predicted molar refractivity (Wildman–Crippen MR) is 88.2 cm³/mol. The van der Waals surface area contributed by atoms with Crippen molar-refractivity contribution in [2.45, 2.75) is 32.7 Å². The Morgan fingerprint density at radius 3 is 2.44 bits per heavy atom. The van der Waals surface area contributed by atoms with E-state index >= 15 is 0 Å². The van der Waals surface area contributed by atoms with Gasteiger partial charge in [0.1, 0.15) is 0 Å². The third kappa shape index (κ3) is 2.79. The van der Waals surface area contributed by atoms with E-state index < -0.39 is 18.0 Å². The lowest BCUT2D eigenvalue weighted by Gasteiger charge is -2.36. The van der Waals surface area contributed by atoms with Crippen molar-refractivity contribution in [1.29, 1.82) is 0 Å². The molecule has 6 nitrogen and oxygen atoms in total. The first kappa shape index (κ1) is 17.1. The molecule has 2 aromatic carbocycles. The van der Waals surface area contributed by atoms with Gasteiger partial charge in [0, 0.05) is 22.3 Å². The predicted octanol–water partition coefficient (Wildman–Crippen LogP) is 3.79. The average Bonchev–Trinajstić information content (AvgIpc) is 2.58. The van der Waals surface area contributed by atoms with Crippen LogP contribution in [0.1, 0.15) is 46.5 Å². The molecule has 3 rings (SSSR count). The molecule has 1 aliphatic rings. The highest BCUT2D eigenvalue weighted by Gasteiger charge is 2.49. The maximum absolute atomic E-state index is 12.8. The van der Waals surface area contributed by atoms with Crippen LogP contribution in [0.25, 0.3) is 0 Å². The van der Waals surface area contributed by atoms with E-state index in [0.717, 1.165) is 5.56 Å². The van der Waals surface area contributed by atoms with Crippen LogP contribution >= 0.6 is 0 Å². The first-order valence-corrected chi connectivity index (χ1v) is 7.86. The minimum atomic E-state index is -1.97. The Hall–Kier alpha value is -2.70. The van der Waals surface area contributed by atoms with E-state index in [1.54, 1.807) is 56.3 Å². The summed E-state index contributed by atoms with van der Waals surface area (Å²) in [5, 5.41) is 9.73. The zero-order valence-electron chi connectivity index (χ0n) is 14.1. The second kappa shape index (κ2) is 6.31. The fourth-order valence-corrected chi connectivity index (χ4v) is 2.95. The zero-order valence-corrected chi connectivity index (χ0v) is 14.1. The van der Waals surface area contributed by atoms with Crippen LogP contribution in [0, 0.1) is 6.92 Å². The number of hydrogen-bond donors (Lipinski definition) is 1. The summed E-state index contributed by atoms with van der Waals surface area (Å²) in [5.74, 6) is -2.21. The van der Waals surface area contributed by atoms with Gasteiger partial charge in [-0.2, -0.15) is 4.89 Å². The van der Waals surface area contributed by atoms with Crippen molar-refractivity contribution in [3.63, 3.8) is 0 Å². The molecule has 0 saturated carbocycles. The molecule has 1 unspecified atom stereocenters. The largest absolute Gasteiger partial charge is 0.511 e. The summed E-state index contributed by atoms with van der Waals surface area (Å²) in [7, 11) is 0. The number of carbonyl (C=O) groups excluding carboxylic acids is 2. The monoisotopic (exact) mass is 342 g/mol. The SMILES string of the molecule is Cc1ccc2c(c1)C(=O)c1ccccc1C2(OO)OC(=O)OC(C)C. The number of carbonyl (C=O) groups is 2. The maximum Gasteiger partial charge on any atom is 0.511 e. The van der Waals surface area contributed by atoms with Gasteiger partial charge in [-0.05, 0) is 26.8 Å². The van der Waals surface area contributed by atoms with Crippen LogP contribution in [-0.4, -0.2) is 23.3 Å². The lowest BCUT2D eigenvalue weighted by atomic mass is 9.80. The standard InChI is InChI=1S/C19H18O6/c1-11(2)23-18(21)24-19(25-22)15-7-5-4-6-13(15)17(20)14-10-12(3)8-9-16(14)19/h4-11,22H,1-3H3. The average molecular weight is 342 g/mol. The van der Waals surface area contributed by atoms with E-state index in [4.69, 9.17) is 14.4 Å². The molecule has 6 heteroatoms. The summed E-state index contributed by atoms with van der Waals surface area (Å²) in [4.78, 5) is 29.6. The second-order valence-corrected chi connectivity index (χ2v) is 6.15. The van der Waals surface area contributed by atoms with Gasteiger partial charge in [0.05, 0.1) is 6.10 Å². The molecule has 0 radical (unpaired) electrons. The highest BCUT2D eigenvalue weighted by molar-refractivity contribution is 6.13. The highest BCUT2D eigenvalue weighted by atomic mass is 17.2. The number of benzene rings is 2. The Balaban J connectivity index is 2.22. The molecular formula is C19H18O6. The minimum Gasteiger partial charge on any atom is -0.431 e. The lowest BCUT2D eigenvalue weighted by Crippen LogP contribution is -2.42. The van der Waals surface area contributed by atoms with Gasteiger partial charge in [-0.3, -0.25) is 4.79 Å². The van der Waals surface area contributed by atoms with Crippen LogP contribution in [-0.2, 0) is 20.1 Å². The van der Waals surface area contributed by atoms with Crippen LogP contribution in [0.3, 0.4) is 0 Å². The molecule has 0 fully saturated rings. The van der Waals surface area contributed by atoms with Gasteiger partial charge in [0.2, 0.25) is 0 Å². The molecule has 1 N–H and O–H groups in total. The molecular weight excluding hydrogens is 324 g/mol. The van der Waals surface area contributed by atoms with Crippen LogP contribution in [0.15, 0.2) is 42.5 Å². The molecule has 1 atom stereocenters. The number of ether oxygens (including phenoxy) is 2. The van der Waals surface area contributed by atoms with Crippen molar-refractivity contribution >= 4 is 11.9 Å². The summed E-state index contributed by atoms with van der Waals surface area (Å²) in [6.07, 6.45) is -1.43. The Labute approximate surface area is 144 Å². The van der Waals surface area contributed by atoms with Crippen molar-refractivity contribution in [3.05, 3.63) is 70.3 Å². The number of rotatable bonds is 3.